The molecule has 1 amide bonds. The van der Waals surface area contributed by atoms with E-state index in [9.17, 15) is 9.59 Å². The third-order valence-electron chi connectivity index (χ3n) is 2.44. The quantitative estimate of drug-likeness (QED) is 0.614. The van der Waals surface area contributed by atoms with Gasteiger partial charge in [-0.2, -0.15) is 0 Å². The van der Waals surface area contributed by atoms with E-state index in [1.165, 1.54) is 11.8 Å². The van der Waals surface area contributed by atoms with Gasteiger partial charge in [-0.05, 0) is 34.5 Å². The maximum Gasteiger partial charge on any atom is 0.313 e. The largest absolute Gasteiger partial charge is 0.492 e. The molecule has 21 heavy (non-hydrogen) atoms. The number of carboxylic acid groups (broad SMARTS) is 1. The molecular formula is C14H18BrNO4S. The van der Waals surface area contributed by atoms with Crippen LogP contribution in [0.25, 0.3) is 0 Å². The van der Waals surface area contributed by atoms with Crippen LogP contribution in [0, 0.1) is 0 Å². The zero-order valence-corrected chi connectivity index (χ0v) is 13.9. The number of carbonyl (C=O) groups is 2. The molecule has 1 aromatic rings. The second kappa shape index (κ2) is 10.5. The van der Waals surface area contributed by atoms with Crippen LogP contribution in [0.15, 0.2) is 28.7 Å². The van der Waals surface area contributed by atoms with E-state index in [-0.39, 0.29) is 11.7 Å². The molecule has 0 radical (unpaired) electrons. The van der Waals surface area contributed by atoms with Crippen LogP contribution in [0.4, 0.5) is 0 Å². The standard InChI is InChI=1S/C14H18BrNO4S/c15-11-4-1-2-5-12(11)20-8-3-6-13(17)16-7-9-21-10-14(18)19/h1-2,4-5H,3,6-10H2,(H,16,17)(H,18,19). The zero-order valence-electron chi connectivity index (χ0n) is 11.5. The molecule has 2 N–H and O–H groups in total. The van der Waals surface area contributed by atoms with Gasteiger partial charge < -0.3 is 15.2 Å². The van der Waals surface area contributed by atoms with E-state index < -0.39 is 5.97 Å². The van der Waals surface area contributed by atoms with Crippen molar-refractivity contribution in [3.05, 3.63) is 28.7 Å². The molecule has 1 aromatic carbocycles. The fourth-order valence-electron chi connectivity index (χ4n) is 1.49. The normalized spacial score (nSPS) is 10.1. The van der Waals surface area contributed by atoms with Crippen molar-refractivity contribution in [2.75, 3.05) is 24.7 Å². The van der Waals surface area contributed by atoms with Crippen molar-refractivity contribution in [3.63, 3.8) is 0 Å². The lowest BCUT2D eigenvalue weighted by Gasteiger charge is -2.08. The summed E-state index contributed by atoms with van der Waals surface area (Å²) in [5.74, 6) is 0.557. The Morgan fingerprint density at radius 1 is 1.33 bits per heavy atom. The van der Waals surface area contributed by atoms with Crippen LogP contribution in [0.5, 0.6) is 5.75 Å². The number of amides is 1. The number of hydrogen-bond acceptors (Lipinski definition) is 4. The molecule has 0 unspecified atom stereocenters. The van der Waals surface area contributed by atoms with Crippen LogP contribution in [0.1, 0.15) is 12.8 Å². The lowest BCUT2D eigenvalue weighted by molar-refractivity contribution is -0.133. The minimum atomic E-state index is -0.837. The minimum Gasteiger partial charge on any atom is -0.492 e. The highest BCUT2D eigenvalue weighted by Crippen LogP contribution is 2.23. The van der Waals surface area contributed by atoms with Crippen LogP contribution in [-0.2, 0) is 9.59 Å². The molecule has 0 atom stereocenters. The van der Waals surface area contributed by atoms with Gasteiger partial charge in [-0.1, -0.05) is 12.1 Å². The Kier molecular flexibility index (Phi) is 8.93. The van der Waals surface area contributed by atoms with Crippen molar-refractivity contribution in [1.29, 1.82) is 0 Å². The number of carboxylic acids is 1. The van der Waals surface area contributed by atoms with Crippen LogP contribution in [0.3, 0.4) is 0 Å². The van der Waals surface area contributed by atoms with Crippen LogP contribution >= 0.6 is 27.7 Å². The van der Waals surface area contributed by atoms with Gasteiger partial charge in [-0.15, -0.1) is 11.8 Å². The predicted octanol–water partition coefficient (Wildman–Crippen LogP) is 2.54. The van der Waals surface area contributed by atoms with Gasteiger partial charge in [0, 0.05) is 18.7 Å². The molecular weight excluding hydrogens is 358 g/mol. The van der Waals surface area contributed by atoms with Crippen molar-refractivity contribution in [1.82, 2.24) is 5.32 Å². The van der Waals surface area contributed by atoms with E-state index in [2.05, 4.69) is 21.2 Å². The van der Waals surface area contributed by atoms with Gasteiger partial charge in [0.1, 0.15) is 5.75 Å². The average Bonchev–Trinajstić information content (AvgIpc) is 2.44. The Bertz CT molecular complexity index is 470. The number of thioether (sulfide) groups is 1. The van der Waals surface area contributed by atoms with Gasteiger partial charge in [-0.25, -0.2) is 0 Å². The molecule has 0 fully saturated rings. The molecule has 116 valence electrons. The number of benzene rings is 1. The molecule has 0 heterocycles. The molecule has 0 saturated heterocycles. The summed E-state index contributed by atoms with van der Waals surface area (Å²) >= 11 is 4.67. The fourth-order valence-corrected chi connectivity index (χ4v) is 2.45. The number of ether oxygens (including phenoxy) is 1. The van der Waals surface area contributed by atoms with Crippen molar-refractivity contribution < 1.29 is 19.4 Å². The number of hydrogen-bond donors (Lipinski definition) is 2. The van der Waals surface area contributed by atoms with E-state index in [0.29, 0.717) is 31.7 Å². The summed E-state index contributed by atoms with van der Waals surface area (Å²) in [6, 6.07) is 7.56. The van der Waals surface area contributed by atoms with E-state index >= 15 is 0 Å². The summed E-state index contributed by atoms with van der Waals surface area (Å²) < 4.78 is 6.45. The summed E-state index contributed by atoms with van der Waals surface area (Å²) in [6.45, 7) is 0.964. The number of rotatable bonds is 10. The SMILES string of the molecule is O=C(O)CSCCNC(=O)CCCOc1ccccc1Br. The van der Waals surface area contributed by atoms with Gasteiger partial charge in [0.05, 0.1) is 16.8 Å². The van der Waals surface area contributed by atoms with Crippen molar-refractivity contribution >= 4 is 39.6 Å². The van der Waals surface area contributed by atoms with Crippen molar-refractivity contribution in [3.8, 4) is 5.75 Å². The Hall–Kier alpha value is -1.21. The van der Waals surface area contributed by atoms with Gasteiger partial charge in [0.25, 0.3) is 0 Å². The van der Waals surface area contributed by atoms with E-state index in [0.717, 1.165) is 10.2 Å². The summed E-state index contributed by atoms with van der Waals surface area (Å²) in [5.41, 5.74) is 0. The highest BCUT2D eigenvalue weighted by Gasteiger charge is 2.03. The van der Waals surface area contributed by atoms with E-state index in [4.69, 9.17) is 9.84 Å². The summed E-state index contributed by atoms with van der Waals surface area (Å²) in [4.78, 5) is 21.8. The predicted molar refractivity (Wildman–Crippen MR) is 86.8 cm³/mol. The third-order valence-corrected chi connectivity index (χ3v) is 4.04. The topological polar surface area (TPSA) is 75.6 Å². The highest BCUT2D eigenvalue weighted by atomic mass is 79.9. The van der Waals surface area contributed by atoms with Crippen LogP contribution in [0.2, 0.25) is 0 Å². The second-order valence-corrected chi connectivity index (χ2v) is 6.14. The molecule has 0 aliphatic heterocycles. The van der Waals surface area contributed by atoms with Gasteiger partial charge in [0.15, 0.2) is 0 Å². The zero-order chi connectivity index (χ0) is 15.5. The molecule has 0 saturated carbocycles. The fraction of sp³-hybridized carbons (Fsp3) is 0.429. The Balaban J connectivity index is 2.03. The highest BCUT2D eigenvalue weighted by molar-refractivity contribution is 9.10. The van der Waals surface area contributed by atoms with Crippen molar-refractivity contribution in [2.24, 2.45) is 0 Å². The molecule has 1 rings (SSSR count). The molecule has 0 aliphatic carbocycles. The lowest BCUT2D eigenvalue weighted by Crippen LogP contribution is -2.26. The van der Waals surface area contributed by atoms with Crippen molar-refractivity contribution in [2.45, 2.75) is 12.8 Å². The first-order chi connectivity index (χ1) is 10.1. The summed E-state index contributed by atoms with van der Waals surface area (Å²) in [6.07, 6.45) is 1.03. The molecule has 0 spiro atoms. The Morgan fingerprint density at radius 3 is 2.81 bits per heavy atom. The first-order valence-electron chi connectivity index (χ1n) is 6.53. The second-order valence-electron chi connectivity index (χ2n) is 4.18. The molecule has 0 bridgehead atoms. The molecule has 5 nitrogen and oxygen atoms in total. The lowest BCUT2D eigenvalue weighted by atomic mass is 10.3. The van der Waals surface area contributed by atoms with Gasteiger partial charge in [-0.3, -0.25) is 9.59 Å². The maximum absolute atomic E-state index is 11.5. The molecule has 7 heteroatoms. The molecule has 0 aromatic heterocycles. The maximum atomic E-state index is 11.5. The van der Waals surface area contributed by atoms with Crippen LogP contribution < -0.4 is 10.1 Å². The third kappa shape index (κ3) is 8.62. The van der Waals surface area contributed by atoms with E-state index in [1.807, 2.05) is 24.3 Å². The first-order valence-corrected chi connectivity index (χ1v) is 8.48. The summed E-state index contributed by atoms with van der Waals surface area (Å²) in [5, 5.41) is 11.2. The minimum absolute atomic E-state index is 0.0401. The van der Waals surface area contributed by atoms with Crippen LogP contribution in [-0.4, -0.2) is 41.6 Å². The average molecular weight is 376 g/mol. The van der Waals surface area contributed by atoms with Gasteiger partial charge in [0.2, 0.25) is 5.91 Å². The number of aliphatic carboxylic acids is 1. The van der Waals surface area contributed by atoms with E-state index in [1.54, 1.807) is 0 Å². The Morgan fingerprint density at radius 2 is 2.10 bits per heavy atom. The number of carbonyl (C=O) groups excluding carboxylic acids is 1. The van der Waals surface area contributed by atoms with Gasteiger partial charge >= 0.3 is 5.97 Å². The Labute approximate surface area is 136 Å². The number of nitrogens with one attached hydrogen (secondary N) is 1. The number of para-hydroxylation sites is 1. The smallest absolute Gasteiger partial charge is 0.313 e. The number of halogens is 1. The summed E-state index contributed by atoms with van der Waals surface area (Å²) in [7, 11) is 0. The molecule has 0 aliphatic rings. The monoisotopic (exact) mass is 375 g/mol. The first kappa shape index (κ1) is 17.8.